The predicted octanol–water partition coefficient (Wildman–Crippen LogP) is 3.26. The summed E-state index contributed by atoms with van der Waals surface area (Å²) in [4.78, 5) is 36.0. The van der Waals surface area contributed by atoms with Gasteiger partial charge in [-0.05, 0) is 31.2 Å². The van der Waals surface area contributed by atoms with Crippen LogP contribution in [0.15, 0.2) is 48.5 Å². The van der Waals surface area contributed by atoms with Crippen molar-refractivity contribution in [2.45, 2.75) is 13.5 Å². The van der Waals surface area contributed by atoms with E-state index >= 15 is 0 Å². The van der Waals surface area contributed by atoms with Gasteiger partial charge in [0.05, 0.1) is 17.9 Å². The monoisotopic (exact) mass is 393 g/mol. The van der Waals surface area contributed by atoms with Crippen molar-refractivity contribution < 1.29 is 37.4 Å². The van der Waals surface area contributed by atoms with Crippen molar-refractivity contribution in [3.63, 3.8) is 0 Å². The number of amides is 1. The van der Waals surface area contributed by atoms with Gasteiger partial charge < -0.3 is 19.5 Å². The molecule has 0 spiro atoms. The molecule has 0 aliphatic heterocycles. The second-order valence-corrected chi connectivity index (χ2v) is 5.27. The van der Waals surface area contributed by atoms with Gasteiger partial charge in [0.2, 0.25) is 0 Å². The smallest absolute Gasteiger partial charge is 0.387 e. The third-order valence-corrected chi connectivity index (χ3v) is 3.35. The maximum absolute atomic E-state index is 12.4. The summed E-state index contributed by atoms with van der Waals surface area (Å²) in [6, 6.07) is 11.4. The molecule has 0 bridgehead atoms. The quantitative estimate of drug-likeness (QED) is 0.693. The molecule has 28 heavy (non-hydrogen) atoms. The Labute approximate surface area is 159 Å². The molecule has 0 fully saturated rings. The van der Waals surface area contributed by atoms with E-state index < -0.39 is 31.1 Å². The third kappa shape index (κ3) is 5.76. The summed E-state index contributed by atoms with van der Waals surface area (Å²) in [5, 5.41) is 2.44. The Morgan fingerprint density at radius 3 is 2.21 bits per heavy atom. The molecule has 0 unspecified atom stereocenters. The summed E-state index contributed by atoms with van der Waals surface area (Å²) in [7, 11) is 0. The Kier molecular flexibility index (Phi) is 7.44. The van der Waals surface area contributed by atoms with Gasteiger partial charge in [0.15, 0.2) is 6.61 Å². The molecule has 148 valence electrons. The second-order valence-electron chi connectivity index (χ2n) is 5.27. The molecular formula is C19H17F2NO6. The van der Waals surface area contributed by atoms with Crippen molar-refractivity contribution >= 4 is 23.5 Å². The Bertz CT molecular complexity index is 856. The van der Waals surface area contributed by atoms with Crippen LogP contribution in [-0.4, -0.2) is 37.7 Å². The number of ether oxygens (including phenoxy) is 3. The third-order valence-electron chi connectivity index (χ3n) is 3.35. The summed E-state index contributed by atoms with van der Waals surface area (Å²) in [6.07, 6.45) is 0. The number of halogens is 2. The minimum Gasteiger partial charge on any atom is -0.462 e. The minimum absolute atomic E-state index is 0.139. The fourth-order valence-corrected chi connectivity index (χ4v) is 2.21. The zero-order valence-corrected chi connectivity index (χ0v) is 14.8. The first kappa shape index (κ1) is 20.8. The van der Waals surface area contributed by atoms with Gasteiger partial charge in [0, 0.05) is 0 Å². The SMILES string of the molecule is CCOC(=O)c1ccccc1NC(=O)COC(=O)c1ccccc1OC(F)F. The van der Waals surface area contributed by atoms with Crippen molar-refractivity contribution in [2.24, 2.45) is 0 Å². The lowest BCUT2D eigenvalue weighted by atomic mass is 10.2. The molecule has 0 saturated heterocycles. The van der Waals surface area contributed by atoms with Crippen molar-refractivity contribution in [1.82, 2.24) is 0 Å². The van der Waals surface area contributed by atoms with Gasteiger partial charge in [-0.2, -0.15) is 8.78 Å². The molecule has 0 aromatic heterocycles. The number of para-hydroxylation sites is 2. The first-order chi connectivity index (χ1) is 13.4. The number of nitrogens with one attached hydrogen (secondary N) is 1. The van der Waals surface area contributed by atoms with Crippen molar-refractivity contribution in [1.29, 1.82) is 0 Å². The lowest BCUT2D eigenvalue weighted by Crippen LogP contribution is -2.22. The van der Waals surface area contributed by atoms with Gasteiger partial charge in [0.1, 0.15) is 11.3 Å². The van der Waals surface area contributed by atoms with E-state index in [0.717, 1.165) is 0 Å². The van der Waals surface area contributed by atoms with Gasteiger partial charge >= 0.3 is 18.6 Å². The van der Waals surface area contributed by atoms with Crippen molar-refractivity contribution in [3.8, 4) is 5.75 Å². The van der Waals surface area contributed by atoms with E-state index in [2.05, 4.69) is 10.1 Å². The normalized spacial score (nSPS) is 10.3. The van der Waals surface area contributed by atoms with Crippen LogP contribution in [0.25, 0.3) is 0 Å². The predicted molar refractivity (Wildman–Crippen MR) is 94.4 cm³/mol. The first-order valence-corrected chi connectivity index (χ1v) is 8.19. The molecule has 0 saturated carbocycles. The number of anilines is 1. The fraction of sp³-hybridized carbons (Fsp3) is 0.211. The van der Waals surface area contributed by atoms with Crippen LogP contribution in [0.1, 0.15) is 27.6 Å². The average Bonchev–Trinajstić information content (AvgIpc) is 2.66. The lowest BCUT2D eigenvalue weighted by molar-refractivity contribution is -0.119. The number of esters is 2. The number of alkyl halides is 2. The molecular weight excluding hydrogens is 376 g/mol. The number of hydrogen-bond acceptors (Lipinski definition) is 6. The number of benzene rings is 2. The molecule has 7 nitrogen and oxygen atoms in total. The minimum atomic E-state index is -3.11. The maximum atomic E-state index is 12.4. The molecule has 9 heteroatoms. The molecule has 2 aromatic rings. The van der Waals surface area contributed by atoms with Crippen LogP contribution in [0, 0.1) is 0 Å². The highest BCUT2D eigenvalue weighted by Crippen LogP contribution is 2.21. The molecule has 2 rings (SSSR count). The van der Waals surface area contributed by atoms with Crippen LogP contribution < -0.4 is 10.1 Å². The van der Waals surface area contributed by atoms with Crippen molar-refractivity contribution in [2.75, 3.05) is 18.5 Å². The molecule has 0 heterocycles. The van der Waals surface area contributed by atoms with Crippen LogP contribution in [0.2, 0.25) is 0 Å². The molecule has 0 aliphatic rings. The van der Waals surface area contributed by atoms with Crippen LogP contribution in [0.3, 0.4) is 0 Å². The Hall–Kier alpha value is -3.49. The van der Waals surface area contributed by atoms with E-state index in [-0.39, 0.29) is 29.2 Å². The average molecular weight is 393 g/mol. The number of carbonyl (C=O) groups is 3. The summed E-state index contributed by atoms with van der Waals surface area (Å²) in [6.45, 7) is -2.00. The summed E-state index contributed by atoms with van der Waals surface area (Å²) in [5.41, 5.74) is 0.0747. The molecule has 0 aliphatic carbocycles. The van der Waals surface area contributed by atoms with Gasteiger partial charge in [-0.1, -0.05) is 24.3 Å². The highest BCUT2D eigenvalue weighted by atomic mass is 19.3. The number of carbonyl (C=O) groups excluding carboxylic acids is 3. The molecule has 0 atom stereocenters. The number of rotatable bonds is 8. The Morgan fingerprint density at radius 2 is 1.54 bits per heavy atom. The zero-order chi connectivity index (χ0) is 20.5. The number of hydrogen-bond donors (Lipinski definition) is 1. The maximum Gasteiger partial charge on any atom is 0.387 e. The van der Waals surface area contributed by atoms with Crippen LogP contribution in [0.4, 0.5) is 14.5 Å². The fourth-order valence-electron chi connectivity index (χ4n) is 2.21. The van der Waals surface area contributed by atoms with E-state index in [1.54, 1.807) is 19.1 Å². The second kappa shape index (κ2) is 10.0. The van der Waals surface area contributed by atoms with E-state index in [4.69, 9.17) is 9.47 Å². The van der Waals surface area contributed by atoms with E-state index in [0.29, 0.717) is 0 Å². The highest BCUT2D eigenvalue weighted by Gasteiger charge is 2.19. The zero-order valence-electron chi connectivity index (χ0n) is 14.8. The molecule has 1 N–H and O–H groups in total. The van der Waals surface area contributed by atoms with Crippen LogP contribution >= 0.6 is 0 Å². The molecule has 0 radical (unpaired) electrons. The first-order valence-electron chi connectivity index (χ1n) is 8.19. The van der Waals surface area contributed by atoms with Gasteiger partial charge in [-0.25, -0.2) is 9.59 Å². The van der Waals surface area contributed by atoms with Gasteiger partial charge in [-0.15, -0.1) is 0 Å². The van der Waals surface area contributed by atoms with Gasteiger partial charge in [-0.3, -0.25) is 4.79 Å². The largest absolute Gasteiger partial charge is 0.462 e. The van der Waals surface area contributed by atoms with Crippen LogP contribution in [-0.2, 0) is 14.3 Å². The highest BCUT2D eigenvalue weighted by molar-refractivity contribution is 6.02. The summed E-state index contributed by atoms with van der Waals surface area (Å²) >= 11 is 0. The lowest BCUT2D eigenvalue weighted by Gasteiger charge is -2.12. The van der Waals surface area contributed by atoms with E-state index in [9.17, 15) is 23.2 Å². The standard InChI is InChI=1S/C19H17F2NO6/c1-2-26-17(24)12-7-3-5-9-14(12)22-16(23)11-27-18(25)13-8-4-6-10-15(13)28-19(20)21/h3-10,19H,2,11H2,1H3,(H,22,23). The topological polar surface area (TPSA) is 90.9 Å². The Balaban J connectivity index is 2.00. The van der Waals surface area contributed by atoms with E-state index in [1.165, 1.54) is 36.4 Å². The Morgan fingerprint density at radius 1 is 0.929 bits per heavy atom. The van der Waals surface area contributed by atoms with Gasteiger partial charge in [0.25, 0.3) is 5.91 Å². The molecule has 2 aromatic carbocycles. The van der Waals surface area contributed by atoms with Crippen molar-refractivity contribution in [3.05, 3.63) is 59.7 Å². The van der Waals surface area contributed by atoms with Crippen LogP contribution in [0.5, 0.6) is 5.75 Å². The summed E-state index contributed by atoms with van der Waals surface area (Å²) < 4.78 is 38.8. The summed E-state index contributed by atoms with van der Waals surface area (Å²) in [5.74, 6) is -2.72. The van der Waals surface area contributed by atoms with E-state index in [1.807, 2.05) is 0 Å². The molecule has 1 amide bonds.